The van der Waals surface area contributed by atoms with E-state index in [2.05, 4.69) is 5.32 Å². The predicted octanol–water partition coefficient (Wildman–Crippen LogP) is 2.32. The first-order valence-electron chi connectivity index (χ1n) is 6.40. The number of halogens is 2. The smallest absolute Gasteiger partial charge is 0.256 e. The molecule has 0 unspecified atom stereocenters. The normalized spacial score (nSPS) is 16.0. The molecule has 1 aromatic rings. The second kappa shape index (κ2) is 7.46. The molecule has 0 bridgehead atoms. The van der Waals surface area contributed by atoms with Gasteiger partial charge in [0.25, 0.3) is 5.91 Å². The van der Waals surface area contributed by atoms with E-state index >= 15 is 0 Å². The molecule has 0 aromatic heterocycles. The van der Waals surface area contributed by atoms with E-state index in [-0.39, 0.29) is 23.9 Å². The number of piperidine rings is 1. The van der Waals surface area contributed by atoms with Crippen LogP contribution >= 0.6 is 12.4 Å². The molecule has 1 fully saturated rings. The van der Waals surface area contributed by atoms with Crippen molar-refractivity contribution in [1.82, 2.24) is 10.2 Å². The number of carbonyl (C=O) groups excluding carboxylic acids is 1. The van der Waals surface area contributed by atoms with Crippen molar-refractivity contribution in [3.05, 3.63) is 35.6 Å². The van der Waals surface area contributed by atoms with E-state index < -0.39 is 5.82 Å². The summed E-state index contributed by atoms with van der Waals surface area (Å²) in [5.41, 5.74) is 0.185. The van der Waals surface area contributed by atoms with Gasteiger partial charge in [0.05, 0.1) is 5.56 Å². The molecular weight excluding hydrogens is 267 g/mol. The third-order valence-corrected chi connectivity index (χ3v) is 3.50. The molecule has 5 heteroatoms. The molecule has 0 aliphatic carbocycles. The Bertz CT molecular complexity index is 420. The summed E-state index contributed by atoms with van der Waals surface area (Å²) in [7, 11) is 1.94. The highest BCUT2D eigenvalue weighted by Crippen LogP contribution is 2.19. The van der Waals surface area contributed by atoms with Crippen molar-refractivity contribution in [2.24, 2.45) is 5.92 Å². The Balaban J connectivity index is 0.00000180. The van der Waals surface area contributed by atoms with Gasteiger partial charge in [-0.25, -0.2) is 4.39 Å². The first-order valence-corrected chi connectivity index (χ1v) is 6.40. The SMILES string of the molecule is CNCC1CCN(C(=O)c2ccccc2F)CC1.Cl. The Morgan fingerprint density at radius 1 is 1.37 bits per heavy atom. The van der Waals surface area contributed by atoms with Gasteiger partial charge in [0, 0.05) is 13.1 Å². The van der Waals surface area contributed by atoms with Crippen molar-refractivity contribution in [3.63, 3.8) is 0 Å². The Morgan fingerprint density at radius 3 is 2.58 bits per heavy atom. The fourth-order valence-electron chi connectivity index (χ4n) is 2.43. The molecule has 1 amide bonds. The van der Waals surface area contributed by atoms with E-state index in [1.54, 1.807) is 23.1 Å². The standard InChI is InChI=1S/C14H19FN2O.ClH/c1-16-10-11-6-8-17(9-7-11)14(18)12-4-2-3-5-13(12)15;/h2-5,11,16H,6-10H2,1H3;1H. The number of nitrogens with zero attached hydrogens (tertiary/aromatic N) is 1. The Hall–Kier alpha value is -1.13. The molecule has 1 aliphatic heterocycles. The first kappa shape index (κ1) is 15.9. The van der Waals surface area contributed by atoms with Crippen LogP contribution in [-0.2, 0) is 0 Å². The minimum Gasteiger partial charge on any atom is -0.339 e. The van der Waals surface area contributed by atoms with E-state index in [0.29, 0.717) is 5.92 Å². The summed E-state index contributed by atoms with van der Waals surface area (Å²) in [6.07, 6.45) is 1.97. The summed E-state index contributed by atoms with van der Waals surface area (Å²) >= 11 is 0. The molecule has 0 spiro atoms. The zero-order chi connectivity index (χ0) is 13.0. The molecule has 0 radical (unpaired) electrons. The number of rotatable bonds is 3. The monoisotopic (exact) mass is 286 g/mol. The summed E-state index contributed by atoms with van der Waals surface area (Å²) in [5.74, 6) is 0.00975. The van der Waals surface area contributed by atoms with Crippen molar-refractivity contribution in [2.45, 2.75) is 12.8 Å². The zero-order valence-electron chi connectivity index (χ0n) is 11.1. The van der Waals surface area contributed by atoms with E-state index in [1.807, 2.05) is 7.05 Å². The van der Waals surface area contributed by atoms with Crippen LogP contribution in [-0.4, -0.2) is 37.5 Å². The zero-order valence-corrected chi connectivity index (χ0v) is 11.9. The number of likely N-dealkylation sites (tertiary alicyclic amines) is 1. The van der Waals surface area contributed by atoms with E-state index in [9.17, 15) is 9.18 Å². The second-order valence-corrected chi connectivity index (χ2v) is 4.77. The lowest BCUT2D eigenvalue weighted by molar-refractivity contribution is 0.0686. The van der Waals surface area contributed by atoms with Crippen LogP contribution in [0.15, 0.2) is 24.3 Å². The molecule has 1 heterocycles. The molecule has 1 aromatic carbocycles. The number of benzene rings is 1. The number of nitrogens with one attached hydrogen (secondary N) is 1. The molecule has 1 saturated heterocycles. The summed E-state index contributed by atoms with van der Waals surface area (Å²) < 4.78 is 13.5. The van der Waals surface area contributed by atoms with Crippen LogP contribution in [0.25, 0.3) is 0 Å². The van der Waals surface area contributed by atoms with Crippen LogP contribution in [0.1, 0.15) is 23.2 Å². The first-order chi connectivity index (χ1) is 8.72. The lowest BCUT2D eigenvalue weighted by atomic mass is 9.96. The Morgan fingerprint density at radius 2 is 2.00 bits per heavy atom. The summed E-state index contributed by atoms with van der Waals surface area (Å²) in [5, 5.41) is 3.16. The topological polar surface area (TPSA) is 32.3 Å². The highest BCUT2D eigenvalue weighted by molar-refractivity contribution is 5.94. The van der Waals surface area contributed by atoms with Crippen LogP contribution in [0.2, 0.25) is 0 Å². The molecule has 1 aliphatic rings. The maximum absolute atomic E-state index is 13.5. The van der Waals surface area contributed by atoms with Gasteiger partial charge >= 0.3 is 0 Å². The lowest BCUT2D eigenvalue weighted by Crippen LogP contribution is -2.40. The molecular formula is C14H20ClFN2O. The fraction of sp³-hybridized carbons (Fsp3) is 0.500. The molecule has 19 heavy (non-hydrogen) atoms. The minimum atomic E-state index is -0.431. The Kier molecular flexibility index (Phi) is 6.25. The maximum Gasteiger partial charge on any atom is 0.256 e. The van der Waals surface area contributed by atoms with E-state index in [0.717, 1.165) is 32.5 Å². The Labute approximate surface area is 119 Å². The summed E-state index contributed by atoms with van der Waals surface area (Å²) in [6.45, 7) is 2.43. The average molecular weight is 287 g/mol. The second-order valence-electron chi connectivity index (χ2n) is 4.77. The van der Waals surface area contributed by atoms with Gasteiger partial charge in [0.15, 0.2) is 0 Å². The molecule has 2 rings (SSSR count). The van der Waals surface area contributed by atoms with Gasteiger partial charge in [-0.2, -0.15) is 0 Å². The van der Waals surface area contributed by atoms with Crippen molar-refractivity contribution >= 4 is 18.3 Å². The van der Waals surface area contributed by atoms with Gasteiger partial charge in [-0.1, -0.05) is 12.1 Å². The molecule has 0 saturated carbocycles. The predicted molar refractivity (Wildman–Crippen MR) is 76.2 cm³/mol. The average Bonchev–Trinajstić information content (AvgIpc) is 2.40. The third-order valence-electron chi connectivity index (χ3n) is 3.50. The van der Waals surface area contributed by atoms with E-state index in [1.165, 1.54) is 6.07 Å². The van der Waals surface area contributed by atoms with Crippen LogP contribution in [0, 0.1) is 11.7 Å². The van der Waals surface area contributed by atoms with Crippen LogP contribution in [0.5, 0.6) is 0 Å². The van der Waals surface area contributed by atoms with Crippen LogP contribution in [0.4, 0.5) is 4.39 Å². The highest BCUT2D eigenvalue weighted by Gasteiger charge is 2.24. The third kappa shape index (κ3) is 3.91. The number of hydrogen-bond donors (Lipinski definition) is 1. The van der Waals surface area contributed by atoms with Gasteiger partial charge in [0.1, 0.15) is 5.82 Å². The highest BCUT2D eigenvalue weighted by atomic mass is 35.5. The van der Waals surface area contributed by atoms with Crippen molar-refractivity contribution in [1.29, 1.82) is 0 Å². The summed E-state index contributed by atoms with van der Waals surface area (Å²) in [6, 6.07) is 6.19. The quantitative estimate of drug-likeness (QED) is 0.925. The van der Waals surface area contributed by atoms with Gasteiger partial charge in [0.2, 0.25) is 0 Å². The minimum absolute atomic E-state index is 0. The number of carbonyl (C=O) groups is 1. The van der Waals surface area contributed by atoms with Gasteiger partial charge < -0.3 is 10.2 Å². The van der Waals surface area contributed by atoms with Crippen LogP contribution < -0.4 is 5.32 Å². The summed E-state index contributed by atoms with van der Waals surface area (Å²) in [4.78, 5) is 13.9. The van der Waals surface area contributed by atoms with Gasteiger partial charge in [-0.05, 0) is 44.5 Å². The molecule has 0 atom stereocenters. The van der Waals surface area contributed by atoms with Crippen LogP contribution in [0.3, 0.4) is 0 Å². The lowest BCUT2D eigenvalue weighted by Gasteiger charge is -2.32. The van der Waals surface area contributed by atoms with Crippen molar-refractivity contribution in [3.8, 4) is 0 Å². The molecule has 3 nitrogen and oxygen atoms in total. The maximum atomic E-state index is 13.5. The van der Waals surface area contributed by atoms with Crippen molar-refractivity contribution < 1.29 is 9.18 Å². The molecule has 1 N–H and O–H groups in total. The van der Waals surface area contributed by atoms with Crippen molar-refractivity contribution in [2.75, 3.05) is 26.7 Å². The van der Waals surface area contributed by atoms with E-state index in [4.69, 9.17) is 0 Å². The number of hydrogen-bond acceptors (Lipinski definition) is 2. The molecule has 106 valence electrons. The fourth-order valence-corrected chi connectivity index (χ4v) is 2.43. The number of amides is 1. The van der Waals surface area contributed by atoms with Gasteiger partial charge in [-0.15, -0.1) is 12.4 Å². The largest absolute Gasteiger partial charge is 0.339 e. The van der Waals surface area contributed by atoms with Gasteiger partial charge in [-0.3, -0.25) is 4.79 Å².